The number of halogens is 2. The van der Waals surface area contributed by atoms with Gasteiger partial charge in [-0.05, 0) is 24.6 Å². The molecule has 26 heavy (non-hydrogen) atoms. The first-order chi connectivity index (χ1) is 12.6. The summed E-state index contributed by atoms with van der Waals surface area (Å²) in [6, 6.07) is 6.95. The van der Waals surface area contributed by atoms with Crippen molar-refractivity contribution in [3.63, 3.8) is 0 Å². The highest BCUT2D eigenvalue weighted by Gasteiger charge is 2.24. The minimum Gasteiger partial charge on any atom is -0.378 e. The highest BCUT2D eigenvalue weighted by Crippen LogP contribution is 2.26. The summed E-state index contributed by atoms with van der Waals surface area (Å²) in [5, 5.41) is 7.88. The van der Waals surface area contributed by atoms with Gasteiger partial charge in [0.25, 0.3) is 5.78 Å². The molecule has 1 N–H and O–H groups in total. The van der Waals surface area contributed by atoms with E-state index in [0.717, 1.165) is 36.7 Å². The Morgan fingerprint density at radius 2 is 2.27 bits per heavy atom. The van der Waals surface area contributed by atoms with E-state index in [1.54, 1.807) is 23.8 Å². The fraction of sp³-hybridized carbons (Fsp3) is 0.353. The van der Waals surface area contributed by atoms with Crippen LogP contribution in [0.4, 0.5) is 15.9 Å². The number of nitrogens with zero attached hydrogens (tertiary/aromatic N) is 5. The van der Waals surface area contributed by atoms with Crippen molar-refractivity contribution in [1.29, 1.82) is 0 Å². The van der Waals surface area contributed by atoms with Gasteiger partial charge in [-0.25, -0.2) is 9.37 Å². The lowest BCUT2D eigenvalue weighted by Crippen LogP contribution is -2.27. The van der Waals surface area contributed by atoms with E-state index in [0.29, 0.717) is 12.4 Å². The summed E-state index contributed by atoms with van der Waals surface area (Å²) in [7, 11) is 1.63. The van der Waals surface area contributed by atoms with Crippen LogP contribution in [-0.2, 0) is 11.3 Å². The van der Waals surface area contributed by atoms with Gasteiger partial charge < -0.3 is 15.0 Å². The fourth-order valence-electron chi connectivity index (χ4n) is 3.19. The molecule has 1 atom stereocenters. The maximum Gasteiger partial charge on any atom is 0.254 e. The van der Waals surface area contributed by atoms with E-state index in [1.807, 2.05) is 6.07 Å². The molecule has 0 amide bonds. The van der Waals surface area contributed by atoms with Gasteiger partial charge >= 0.3 is 0 Å². The Balaban J connectivity index is 1.52. The summed E-state index contributed by atoms with van der Waals surface area (Å²) in [6.07, 6.45) is 2.42. The molecule has 2 aromatic heterocycles. The van der Waals surface area contributed by atoms with Gasteiger partial charge in [-0.15, -0.1) is 0 Å². The lowest BCUT2D eigenvalue weighted by molar-refractivity contribution is 0.181. The smallest absolute Gasteiger partial charge is 0.254 e. The number of hydrogen-bond donors (Lipinski definition) is 1. The Labute approximate surface area is 154 Å². The van der Waals surface area contributed by atoms with E-state index in [9.17, 15) is 4.39 Å². The number of methoxy groups -OCH3 is 1. The summed E-state index contributed by atoms with van der Waals surface area (Å²) in [5.74, 6) is 0.950. The third kappa shape index (κ3) is 3.30. The molecule has 0 spiro atoms. The van der Waals surface area contributed by atoms with Crippen molar-refractivity contribution in [1.82, 2.24) is 19.6 Å². The third-order valence-electron chi connectivity index (χ3n) is 4.41. The molecule has 136 valence electrons. The van der Waals surface area contributed by atoms with Gasteiger partial charge in [0.1, 0.15) is 18.0 Å². The van der Waals surface area contributed by atoms with Crippen molar-refractivity contribution in [2.24, 2.45) is 0 Å². The van der Waals surface area contributed by atoms with Gasteiger partial charge in [0.05, 0.1) is 17.3 Å². The highest BCUT2D eigenvalue weighted by atomic mass is 35.5. The molecular weight excluding hydrogens is 359 g/mol. The van der Waals surface area contributed by atoms with Crippen LogP contribution in [-0.4, -0.2) is 45.8 Å². The predicted molar refractivity (Wildman–Crippen MR) is 97.1 cm³/mol. The standard InChI is InChI=1S/C17H18ClFN6O/c1-26-9-12-6-16(25-17(23-12)20-10-21-25)22-11-4-5-24(8-11)13-2-3-15(19)14(18)7-13/h2-3,6-7,10-11,22H,4-5,8-9H2,1H3. The average molecular weight is 377 g/mol. The first kappa shape index (κ1) is 17.0. The molecule has 7 nitrogen and oxygen atoms in total. The number of aromatic nitrogens is 4. The lowest BCUT2D eigenvalue weighted by Gasteiger charge is -2.20. The molecule has 4 rings (SSSR count). The SMILES string of the molecule is COCc1cc(NC2CCN(c3ccc(F)c(Cl)c3)C2)n2ncnc2n1. The average Bonchev–Trinajstić information content (AvgIpc) is 3.27. The van der Waals surface area contributed by atoms with Crippen LogP contribution in [0.1, 0.15) is 12.1 Å². The van der Waals surface area contributed by atoms with Crippen molar-refractivity contribution >= 4 is 28.9 Å². The second kappa shape index (κ2) is 7.05. The van der Waals surface area contributed by atoms with Crippen molar-refractivity contribution in [2.75, 3.05) is 30.4 Å². The predicted octanol–water partition coefficient (Wildman–Crippen LogP) is 2.75. The number of ether oxygens (including phenoxy) is 1. The Hall–Kier alpha value is -2.45. The summed E-state index contributed by atoms with van der Waals surface area (Å²) < 4.78 is 20.2. The summed E-state index contributed by atoms with van der Waals surface area (Å²) in [5.41, 5.74) is 1.71. The Morgan fingerprint density at radius 3 is 3.08 bits per heavy atom. The van der Waals surface area contributed by atoms with Gasteiger partial charge in [-0.3, -0.25) is 0 Å². The summed E-state index contributed by atoms with van der Waals surface area (Å²) >= 11 is 5.90. The zero-order valence-corrected chi connectivity index (χ0v) is 14.9. The molecule has 3 heterocycles. The summed E-state index contributed by atoms with van der Waals surface area (Å²) in [4.78, 5) is 10.7. The Morgan fingerprint density at radius 1 is 1.38 bits per heavy atom. The molecule has 1 aliphatic rings. The molecule has 1 aliphatic heterocycles. The zero-order valence-electron chi connectivity index (χ0n) is 14.2. The number of nitrogens with one attached hydrogen (secondary N) is 1. The van der Waals surface area contributed by atoms with E-state index in [1.165, 1.54) is 12.4 Å². The minimum atomic E-state index is -0.402. The maximum atomic E-state index is 13.4. The molecular formula is C17H18ClFN6O. The van der Waals surface area contributed by atoms with Crippen LogP contribution in [0, 0.1) is 5.82 Å². The molecule has 0 saturated carbocycles. The zero-order chi connectivity index (χ0) is 18.1. The van der Waals surface area contributed by atoms with Gasteiger partial charge in [0.15, 0.2) is 0 Å². The van der Waals surface area contributed by atoms with Gasteiger partial charge in [-0.2, -0.15) is 14.6 Å². The second-order valence-electron chi connectivity index (χ2n) is 6.21. The van der Waals surface area contributed by atoms with E-state index < -0.39 is 5.82 Å². The highest BCUT2D eigenvalue weighted by molar-refractivity contribution is 6.31. The van der Waals surface area contributed by atoms with Gasteiger partial charge in [0, 0.05) is 38.0 Å². The monoisotopic (exact) mass is 376 g/mol. The van der Waals surface area contributed by atoms with Crippen LogP contribution in [0.25, 0.3) is 5.78 Å². The number of anilines is 2. The first-order valence-electron chi connectivity index (χ1n) is 8.29. The fourth-order valence-corrected chi connectivity index (χ4v) is 3.36. The van der Waals surface area contributed by atoms with E-state index in [-0.39, 0.29) is 11.1 Å². The normalized spacial score (nSPS) is 17.2. The molecule has 9 heteroatoms. The molecule has 1 saturated heterocycles. The quantitative estimate of drug-likeness (QED) is 0.738. The minimum absolute atomic E-state index is 0.140. The molecule has 0 aliphatic carbocycles. The Bertz CT molecular complexity index is 933. The van der Waals surface area contributed by atoms with Crippen LogP contribution in [0.3, 0.4) is 0 Å². The molecule has 1 aromatic carbocycles. The van der Waals surface area contributed by atoms with Crippen LogP contribution in [0.2, 0.25) is 5.02 Å². The molecule has 0 bridgehead atoms. The molecule has 0 radical (unpaired) electrons. The van der Waals surface area contributed by atoms with E-state index in [2.05, 4.69) is 25.3 Å². The van der Waals surface area contributed by atoms with Crippen LogP contribution < -0.4 is 10.2 Å². The van der Waals surface area contributed by atoms with Crippen molar-refractivity contribution in [3.8, 4) is 0 Å². The third-order valence-corrected chi connectivity index (χ3v) is 4.70. The number of hydrogen-bond acceptors (Lipinski definition) is 6. The van der Waals surface area contributed by atoms with Crippen molar-refractivity contribution < 1.29 is 9.13 Å². The maximum absolute atomic E-state index is 13.4. The van der Waals surface area contributed by atoms with E-state index >= 15 is 0 Å². The summed E-state index contributed by atoms with van der Waals surface area (Å²) in [6.45, 7) is 2.04. The Kier molecular flexibility index (Phi) is 4.60. The number of rotatable bonds is 5. The van der Waals surface area contributed by atoms with Crippen LogP contribution in [0.5, 0.6) is 0 Å². The second-order valence-corrected chi connectivity index (χ2v) is 6.62. The number of benzene rings is 1. The largest absolute Gasteiger partial charge is 0.378 e. The van der Waals surface area contributed by atoms with Crippen LogP contribution >= 0.6 is 11.6 Å². The molecule has 1 unspecified atom stereocenters. The van der Waals surface area contributed by atoms with Crippen molar-refractivity contribution in [3.05, 3.63) is 47.1 Å². The topological polar surface area (TPSA) is 67.6 Å². The molecule has 1 fully saturated rings. The first-order valence-corrected chi connectivity index (χ1v) is 8.67. The van der Waals surface area contributed by atoms with Crippen LogP contribution in [0.15, 0.2) is 30.6 Å². The molecule has 3 aromatic rings. The van der Waals surface area contributed by atoms with Crippen molar-refractivity contribution in [2.45, 2.75) is 19.1 Å². The van der Waals surface area contributed by atoms with Gasteiger partial charge in [0.2, 0.25) is 0 Å². The number of fused-ring (bicyclic) bond motifs is 1. The van der Waals surface area contributed by atoms with E-state index in [4.69, 9.17) is 16.3 Å². The lowest BCUT2D eigenvalue weighted by atomic mass is 10.2. The van der Waals surface area contributed by atoms with Gasteiger partial charge in [-0.1, -0.05) is 11.6 Å².